The number of esters is 3. The molecule has 3 aliphatic heterocycles. The van der Waals surface area contributed by atoms with Gasteiger partial charge in [0.05, 0.1) is 42.4 Å². The van der Waals surface area contributed by atoms with E-state index in [4.69, 9.17) is 37.9 Å². The first kappa shape index (κ1) is 57.0. The fourth-order valence-electron chi connectivity index (χ4n) is 10.0. The number of rotatable bonds is 15. The fraction of sp³-hybridized carbons (Fsp3) is 0.712. The monoisotopic (exact) mass is 986 g/mol. The number of hydrogen-bond donors (Lipinski definition) is 3. The molecule has 3 aliphatic rings. The first-order chi connectivity index (χ1) is 33.3. The number of hydrogen-bond acceptors (Lipinski definition) is 18. The zero-order valence-corrected chi connectivity index (χ0v) is 42.7. The molecule has 16 atom stereocenters. The van der Waals surface area contributed by atoms with E-state index in [9.17, 15) is 34.5 Å². The number of nitrogens with zero attached hydrogens (tertiary/aromatic N) is 3. The molecule has 18 nitrogen and oxygen atoms in total. The number of β-amino-alcohol motifs (C(OH)–C–C–N with tert-alkyl or cyclic N) is 1. The van der Waals surface area contributed by atoms with E-state index in [1.165, 1.54) is 7.11 Å². The zero-order chi connectivity index (χ0) is 51.3. The summed E-state index contributed by atoms with van der Waals surface area (Å²) in [6.07, 6.45) is -4.30. The Morgan fingerprint density at radius 3 is 2.36 bits per heavy atom. The Kier molecular flexibility index (Phi) is 21.7. The second-order valence-electron chi connectivity index (χ2n) is 19.8. The highest BCUT2D eigenvalue weighted by Crippen LogP contribution is 2.38. The van der Waals surface area contributed by atoms with Crippen molar-refractivity contribution in [2.45, 2.75) is 185 Å². The summed E-state index contributed by atoms with van der Waals surface area (Å²) in [5.41, 5.74) is 0.319. The highest BCUT2D eigenvalue weighted by molar-refractivity contribution is 5.87. The molecule has 5 rings (SSSR count). The van der Waals surface area contributed by atoms with Crippen molar-refractivity contribution >= 4 is 41.2 Å². The summed E-state index contributed by atoms with van der Waals surface area (Å²) in [6, 6.07) is 8.96. The first-order valence-corrected chi connectivity index (χ1v) is 24.9. The zero-order valence-electron chi connectivity index (χ0n) is 42.7. The molecule has 70 heavy (non-hydrogen) atoms. The van der Waals surface area contributed by atoms with Crippen LogP contribution in [0.25, 0.3) is 17.0 Å². The van der Waals surface area contributed by atoms with Gasteiger partial charge in [-0.25, -0.2) is 0 Å². The molecule has 0 radical (unpaired) electrons. The van der Waals surface area contributed by atoms with Crippen LogP contribution in [0.15, 0.2) is 42.6 Å². The van der Waals surface area contributed by atoms with Gasteiger partial charge in [-0.15, -0.1) is 0 Å². The fourth-order valence-corrected chi connectivity index (χ4v) is 10.0. The number of aromatic nitrogens is 1. The number of methoxy groups -OCH3 is 1. The van der Waals surface area contributed by atoms with E-state index in [2.05, 4.69) is 4.98 Å². The number of aliphatic hydroxyl groups excluding tert-OH is 2. The number of cyclic esters (lactones) is 1. The van der Waals surface area contributed by atoms with Gasteiger partial charge in [0.1, 0.15) is 42.4 Å². The first-order valence-electron chi connectivity index (χ1n) is 24.9. The van der Waals surface area contributed by atoms with Gasteiger partial charge in [0, 0.05) is 57.3 Å². The second kappa shape index (κ2) is 26.7. The highest BCUT2D eigenvalue weighted by Gasteiger charge is 2.53. The van der Waals surface area contributed by atoms with Crippen LogP contribution < -0.4 is 0 Å². The Labute approximate surface area is 413 Å². The lowest BCUT2D eigenvalue weighted by Gasteiger charge is -2.50. The Balaban J connectivity index is 1.45. The van der Waals surface area contributed by atoms with Crippen molar-refractivity contribution in [3.8, 4) is 0 Å². The SMILES string of the molecule is CCC(=O)O[C@@H]1CC(=O)O[C@@H](C/C=C/c2ccnc3ccccc23)CCCN(C)C[C@H](O)[C@H](C)C[C@H](CC=O)[C@H](O[C@@H]2OC(C)[C@@H](O[C@H]3CC(C)(O)[C@@H](OC(=O)CC)C(C)O3)C(N(C)C)C2O)[C@H]1OC. The van der Waals surface area contributed by atoms with Gasteiger partial charge in [-0.2, -0.15) is 0 Å². The summed E-state index contributed by atoms with van der Waals surface area (Å²) in [6.45, 7) is 11.1. The van der Waals surface area contributed by atoms with E-state index >= 15 is 0 Å². The van der Waals surface area contributed by atoms with Crippen molar-refractivity contribution < 1.29 is 72.4 Å². The van der Waals surface area contributed by atoms with Crippen LogP contribution in [0.4, 0.5) is 0 Å². The molecular formula is C52H79N3O15. The molecule has 4 heterocycles. The molecule has 0 aliphatic carbocycles. The van der Waals surface area contributed by atoms with Gasteiger partial charge >= 0.3 is 17.9 Å². The summed E-state index contributed by atoms with van der Waals surface area (Å²) >= 11 is 0. The lowest BCUT2D eigenvalue weighted by molar-refractivity contribution is -0.344. The van der Waals surface area contributed by atoms with E-state index in [1.807, 2.05) is 61.4 Å². The maximum Gasteiger partial charge on any atom is 0.309 e. The predicted molar refractivity (Wildman–Crippen MR) is 259 cm³/mol. The average Bonchev–Trinajstić information content (AvgIpc) is 3.30. The van der Waals surface area contributed by atoms with Gasteiger partial charge in [-0.05, 0) is 97.3 Å². The topological polar surface area (TPSA) is 222 Å². The van der Waals surface area contributed by atoms with Gasteiger partial charge in [0.15, 0.2) is 18.7 Å². The van der Waals surface area contributed by atoms with Crippen LogP contribution in [-0.4, -0.2) is 181 Å². The second-order valence-corrected chi connectivity index (χ2v) is 19.8. The largest absolute Gasteiger partial charge is 0.462 e. The number of aliphatic hydroxyl groups is 3. The number of fused-ring (bicyclic) bond motifs is 1. The number of benzene rings is 1. The third kappa shape index (κ3) is 15.3. The van der Waals surface area contributed by atoms with E-state index in [0.717, 1.165) is 22.8 Å². The maximum absolute atomic E-state index is 14.2. The van der Waals surface area contributed by atoms with Crippen molar-refractivity contribution in [2.24, 2.45) is 11.8 Å². The summed E-state index contributed by atoms with van der Waals surface area (Å²) < 4.78 is 49.9. The molecular weight excluding hydrogens is 907 g/mol. The van der Waals surface area contributed by atoms with Crippen molar-refractivity contribution in [1.29, 1.82) is 0 Å². The Hall–Kier alpha value is -3.95. The number of pyridine rings is 1. The van der Waals surface area contributed by atoms with E-state index < -0.39 is 116 Å². The van der Waals surface area contributed by atoms with Crippen LogP contribution in [0, 0.1) is 11.8 Å². The maximum atomic E-state index is 14.2. The minimum absolute atomic E-state index is 0.0174. The van der Waals surface area contributed by atoms with Crippen LogP contribution in [0.3, 0.4) is 0 Å². The minimum Gasteiger partial charge on any atom is -0.462 e. The molecule has 5 unspecified atom stereocenters. The standard InChI is InChI=1S/C52H79N3O15/c1-11-41(58)67-40-28-43(60)66-36(18-15-17-34-22-24-53-38-21-14-13-20-37(34)38)19-16-25-55(9)30-39(57)31(3)27-35(23-26-56)48(49(40)63-10)70-51-46(61)45(54(7)8)47(32(4)65-51)69-44-29-52(6,62)50(33(5)64-44)68-42(59)12-2/h13-15,17,20-22,24,26,31-33,35-36,39-40,44-51,57,61-62H,11-12,16,18-19,23,25,27-30H2,1-10H3/b17-15+/t31-,32?,33?,35+,36+,39+,40-,44+,45?,46?,47-,48+,49+,50+,51+,52?/m1/s1. The van der Waals surface area contributed by atoms with Gasteiger partial charge in [0.25, 0.3) is 0 Å². The summed E-state index contributed by atoms with van der Waals surface area (Å²) in [5.74, 6) is -2.81. The molecule has 392 valence electrons. The van der Waals surface area contributed by atoms with Crippen LogP contribution in [-0.2, 0) is 57.1 Å². The van der Waals surface area contributed by atoms with Crippen LogP contribution in [0.2, 0.25) is 0 Å². The van der Waals surface area contributed by atoms with E-state index in [0.29, 0.717) is 32.4 Å². The normalized spacial score (nSPS) is 35.6. The van der Waals surface area contributed by atoms with Crippen LogP contribution in [0.5, 0.6) is 0 Å². The lowest BCUT2D eigenvalue weighted by Crippen LogP contribution is -2.66. The molecule has 3 N–H and O–H groups in total. The molecule has 3 fully saturated rings. The number of aldehydes is 1. The minimum atomic E-state index is -1.50. The number of likely N-dealkylation sites (N-methyl/N-ethyl adjacent to an activating group) is 2. The molecule has 18 heteroatoms. The molecule has 0 amide bonds. The summed E-state index contributed by atoms with van der Waals surface area (Å²) in [4.78, 5) is 60.4. The highest BCUT2D eigenvalue weighted by atomic mass is 16.7. The van der Waals surface area contributed by atoms with Crippen LogP contribution >= 0.6 is 0 Å². The van der Waals surface area contributed by atoms with Crippen molar-refractivity contribution in [3.05, 3.63) is 48.2 Å². The number of carbonyl (C=O) groups is 4. The van der Waals surface area contributed by atoms with Crippen molar-refractivity contribution in [3.63, 3.8) is 0 Å². The molecule has 3 saturated heterocycles. The lowest BCUT2D eigenvalue weighted by atomic mass is 9.82. The van der Waals surface area contributed by atoms with Gasteiger partial charge in [-0.3, -0.25) is 19.4 Å². The molecule has 1 aromatic carbocycles. The average molecular weight is 986 g/mol. The predicted octanol–water partition coefficient (Wildman–Crippen LogP) is 4.61. The third-order valence-corrected chi connectivity index (χ3v) is 13.8. The van der Waals surface area contributed by atoms with Crippen molar-refractivity contribution in [1.82, 2.24) is 14.8 Å². The van der Waals surface area contributed by atoms with Crippen LogP contribution in [0.1, 0.15) is 105 Å². The Morgan fingerprint density at radius 1 is 0.971 bits per heavy atom. The molecule has 1 aromatic heterocycles. The smallest absolute Gasteiger partial charge is 0.309 e. The van der Waals surface area contributed by atoms with Crippen molar-refractivity contribution in [2.75, 3.05) is 41.3 Å². The van der Waals surface area contributed by atoms with E-state index in [-0.39, 0.29) is 38.0 Å². The molecule has 0 bridgehead atoms. The summed E-state index contributed by atoms with van der Waals surface area (Å²) in [5, 5.41) is 36.3. The number of carbonyl (C=O) groups excluding carboxylic acids is 4. The number of para-hydroxylation sites is 1. The van der Waals surface area contributed by atoms with Gasteiger partial charge in [0.2, 0.25) is 0 Å². The van der Waals surface area contributed by atoms with E-state index in [1.54, 1.807) is 59.8 Å². The molecule has 0 saturated carbocycles. The van der Waals surface area contributed by atoms with Gasteiger partial charge < -0.3 is 67.8 Å². The Morgan fingerprint density at radius 2 is 1.69 bits per heavy atom. The molecule has 0 spiro atoms. The Bertz CT molecular complexity index is 2010. The quantitative estimate of drug-likeness (QED) is 0.126. The molecule has 2 aromatic rings. The van der Waals surface area contributed by atoms with Gasteiger partial charge in [-0.1, -0.05) is 51.1 Å². The summed E-state index contributed by atoms with van der Waals surface area (Å²) in [7, 11) is 6.83. The third-order valence-electron chi connectivity index (χ3n) is 13.8. The number of ether oxygens (including phenoxy) is 8.